The van der Waals surface area contributed by atoms with Crippen LogP contribution >= 0.6 is 0 Å². The molecular weight excluding hydrogens is 244 g/mol. The van der Waals surface area contributed by atoms with Crippen molar-refractivity contribution in [3.05, 3.63) is 0 Å². The topological polar surface area (TPSA) is 24.7 Å². The Balaban J connectivity index is 2.40. The van der Waals surface area contributed by atoms with E-state index in [1.807, 2.05) is 0 Å². The van der Waals surface area contributed by atoms with E-state index < -0.39 is 0 Å². The highest BCUT2D eigenvalue weighted by atomic mass is 14.9. The fourth-order valence-electron chi connectivity index (χ4n) is 3.80. The zero-order chi connectivity index (χ0) is 15.2. The number of nitrogens with zero attached hydrogens (tertiary/aromatic N) is 2. The number of hydrogen-bond donors (Lipinski definition) is 0. The molecule has 0 aliphatic carbocycles. The first kappa shape index (κ1) is 15.7. The van der Waals surface area contributed by atoms with Gasteiger partial charge in [0, 0.05) is 11.8 Å². The first-order chi connectivity index (χ1) is 9.25. The van der Waals surface area contributed by atoms with E-state index in [0.29, 0.717) is 47.6 Å². The third-order valence-electron chi connectivity index (χ3n) is 6.57. The predicted molar refractivity (Wildman–Crippen MR) is 88.8 cm³/mol. The van der Waals surface area contributed by atoms with Crippen LogP contribution < -0.4 is 0 Å². The van der Waals surface area contributed by atoms with E-state index in [0.717, 1.165) is 0 Å². The lowest BCUT2D eigenvalue weighted by Gasteiger charge is -2.41. The number of rotatable bonds is 1. The summed E-state index contributed by atoms with van der Waals surface area (Å²) in [5.41, 5.74) is 2.61. The molecule has 8 atom stereocenters. The van der Waals surface area contributed by atoms with Gasteiger partial charge in [-0.15, -0.1) is 0 Å². The van der Waals surface area contributed by atoms with Crippen LogP contribution in [-0.2, 0) is 0 Å². The highest BCUT2D eigenvalue weighted by molar-refractivity contribution is 6.44. The molecule has 0 unspecified atom stereocenters. The molecule has 0 saturated carbocycles. The fraction of sp³-hybridized carbons (Fsp3) is 0.889. The molecule has 0 saturated heterocycles. The van der Waals surface area contributed by atoms with Crippen LogP contribution in [0.15, 0.2) is 9.98 Å². The normalized spacial score (nSPS) is 49.6. The van der Waals surface area contributed by atoms with E-state index in [9.17, 15) is 0 Å². The quantitative estimate of drug-likeness (QED) is 0.674. The summed E-state index contributed by atoms with van der Waals surface area (Å²) in [5, 5.41) is 0. The maximum atomic E-state index is 5.05. The van der Waals surface area contributed by atoms with Crippen LogP contribution in [0, 0.1) is 35.5 Å². The van der Waals surface area contributed by atoms with Gasteiger partial charge in [0.15, 0.2) is 0 Å². The van der Waals surface area contributed by atoms with E-state index in [1.54, 1.807) is 0 Å². The Morgan fingerprint density at radius 2 is 0.800 bits per heavy atom. The van der Waals surface area contributed by atoms with Gasteiger partial charge in [-0.05, 0) is 37.5 Å². The van der Waals surface area contributed by atoms with Gasteiger partial charge in [-0.3, -0.25) is 9.98 Å². The highest BCUT2D eigenvalue weighted by Gasteiger charge is 2.39. The minimum absolute atomic E-state index is 0.427. The van der Waals surface area contributed by atoms with Crippen LogP contribution in [0.2, 0.25) is 0 Å². The van der Waals surface area contributed by atoms with Gasteiger partial charge in [-0.1, -0.05) is 41.5 Å². The van der Waals surface area contributed by atoms with Crippen LogP contribution in [0.3, 0.4) is 0 Å². The van der Waals surface area contributed by atoms with Gasteiger partial charge >= 0.3 is 0 Å². The van der Waals surface area contributed by atoms with Crippen LogP contribution in [0.25, 0.3) is 0 Å². The van der Waals surface area contributed by atoms with Crippen molar-refractivity contribution in [3.8, 4) is 0 Å². The summed E-state index contributed by atoms with van der Waals surface area (Å²) in [4.78, 5) is 10.1. The molecule has 0 aromatic carbocycles. The van der Waals surface area contributed by atoms with Crippen molar-refractivity contribution in [1.82, 2.24) is 0 Å². The zero-order valence-electron chi connectivity index (χ0n) is 14.5. The summed E-state index contributed by atoms with van der Waals surface area (Å²) >= 11 is 0. The fourth-order valence-corrected chi connectivity index (χ4v) is 3.80. The van der Waals surface area contributed by atoms with Gasteiger partial charge in [0.05, 0.1) is 23.5 Å². The van der Waals surface area contributed by atoms with Crippen LogP contribution in [0.1, 0.15) is 55.4 Å². The molecule has 2 aliphatic rings. The van der Waals surface area contributed by atoms with Crippen molar-refractivity contribution in [3.63, 3.8) is 0 Å². The van der Waals surface area contributed by atoms with Crippen molar-refractivity contribution in [2.24, 2.45) is 45.5 Å². The van der Waals surface area contributed by atoms with Gasteiger partial charge in [0.25, 0.3) is 0 Å². The van der Waals surface area contributed by atoms with Gasteiger partial charge in [0.2, 0.25) is 0 Å². The average molecular weight is 276 g/mol. The molecule has 0 aromatic rings. The molecule has 0 fully saturated rings. The Bertz CT molecular complexity index is 383. The average Bonchev–Trinajstić information content (AvgIpc) is 2.42. The molecule has 2 heterocycles. The molecule has 0 bridgehead atoms. The third kappa shape index (κ3) is 2.46. The Morgan fingerprint density at radius 1 is 0.500 bits per heavy atom. The minimum Gasteiger partial charge on any atom is -0.284 e. The molecule has 2 heteroatoms. The zero-order valence-corrected chi connectivity index (χ0v) is 14.5. The number of aliphatic imine (C=N–C) groups is 2. The second kappa shape index (κ2) is 5.61. The van der Waals surface area contributed by atoms with Crippen LogP contribution in [0.4, 0.5) is 0 Å². The molecule has 2 rings (SSSR count). The summed E-state index contributed by atoms with van der Waals surface area (Å²) in [6, 6.07) is 0.854. The van der Waals surface area contributed by atoms with E-state index >= 15 is 0 Å². The van der Waals surface area contributed by atoms with Crippen molar-refractivity contribution < 1.29 is 0 Å². The van der Waals surface area contributed by atoms with Gasteiger partial charge in [-0.25, -0.2) is 0 Å². The van der Waals surface area contributed by atoms with Crippen molar-refractivity contribution in [2.45, 2.75) is 67.5 Å². The summed E-state index contributed by atoms with van der Waals surface area (Å²) in [6.45, 7) is 18.6. The first-order valence-electron chi connectivity index (χ1n) is 8.41. The lowest BCUT2D eigenvalue weighted by molar-refractivity contribution is 0.266. The second-order valence-corrected chi connectivity index (χ2v) is 7.52. The molecular formula is C18H32N2. The summed E-state index contributed by atoms with van der Waals surface area (Å²) in [6.07, 6.45) is 0. The van der Waals surface area contributed by atoms with E-state index in [2.05, 4.69) is 55.4 Å². The minimum atomic E-state index is 0.427. The molecule has 0 N–H and O–H groups in total. The monoisotopic (exact) mass is 276 g/mol. The summed E-state index contributed by atoms with van der Waals surface area (Å²) in [7, 11) is 0. The smallest absolute Gasteiger partial charge is 0.0595 e. The maximum Gasteiger partial charge on any atom is 0.0595 e. The molecule has 20 heavy (non-hydrogen) atoms. The highest BCUT2D eigenvalue weighted by Crippen LogP contribution is 2.37. The molecule has 0 amide bonds. The predicted octanol–water partition coefficient (Wildman–Crippen LogP) is 4.49. The standard InChI is InChI=1S/C18H32N2/c1-9-11(3)15(7)19-17(13(9)5)18-14(6)10(2)12(4)16(8)20-18/h9-16H,1-8H3/t9-,10+,11+,12-,13-,14+,15+,16-. The van der Waals surface area contributed by atoms with Gasteiger partial charge < -0.3 is 0 Å². The molecule has 114 valence electrons. The summed E-state index contributed by atoms with van der Waals surface area (Å²) < 4.78 is 0. The Kier molecular flexibility index (Phi) is 4.41. The molecule has 2 aliphatic heterocycles. The molecule has 0 radical (unpaired) electrons. The molecule has 0 spiro atoms. The van der Waals surface area contributed by atoms with Crippen LogP contribution in [0.5, 0.6) is 0 Å². The Hall–Kier alpha value is -0.660. The lowest BCUT2D eigenvalue weighted by atomic mass is 9.70. The van der Waals surface area contributed by atoms with Crippen molar-refractivity contribution in [2.75, 3.05) is 0 Å². The Labute approximate surface area is 125 Å². The second-order valence-electron chi connectivity index (χ2n) is 7.52. The van der Waals surface area contributed by atoms with Gasteiger partial charge in [0.1, 0.15) is 0 Å². The van der Waals surface area contributed by atoms with Crippen molar-refractivity contribution in [1.29, 1.82) is 0 Å². The van der Waals surface area contributed by atoms with Crippen LogP contribution in [-0.4, -0.2) is 23.5 Å². The molecule has 0 aromatic heterocycles. The lowest BCUT2D eigenvalue weighted by Crippen LogP contribution is -2.45. The van der Waals surface area contributed by atoms with Crippen molar-refractivity contribution >= 4 is 11.4 Å². The maximum absolute atomic E-state index is 5.05. The largest absolute Gasteiger partial charge is 0.284 e. The number of hydrogen-bond acceptors (Lipinski definition) is 2. The molecule has 2 nitrogen and oxygen atoms in total. The van der Waals surface area contributed by atoms with E-state index in [4.69, 9.17) is 9.98 Å². The van der Waals surface area contributed by atoms with E-state index in [1.165, 1.54) is 11.4 Å². The first-order valence-corrected chi connectivity index (χ1v) is 8.41. The third-order valence-corrected chi connectivity index (χ3v) is 6.57. The Morgan fingerprint density at radius 3 is 1.10 bits per heavy atom. The summed E-state index contributed by atoms with van der Waals surface area (Å²) in [5.74, 6) is 3.80. The van der Waals surface area contributed by atoms with E-state index in [-0.39, 0.29) is 0 Å². The SMILES string of the molecule is C[C@@H]1[C@H](C)[C@H](C)C(C2=N[C@@H](C)[C@@H](C)[C@@H](C)[C@H]2C)=N[C@@H]1C. The van der Waals surface area contributed by atoms with Gasteiger partial charge in [-0.2, -0.15) is 0 Å².